The summed E-state index contributed by atoms with van der Waals surface area (Å²) in [6.07, 6.45) is 3.52. The quantitative estimate of drug-likeness (QED) is 0.727. The maximum absolute atomic E-state index is 12.4. The zero-order chi connectivity index (χ0) is 18.1. The molecule has 2 aromatic carbocycles. The van der Waals surface area contributed by atoms with E-state index in [1.54, 1.807) is 12.1 Å². The standard InChI is InChI=1S/C22H24ClNO2/c1-24-18-11-12-21(24)20(14-26-22(25)16-5-3-2-4-6-16)19(13-18)15-7-9-17(23)10-8-15/h2-10,18-21H,11-14H2,1H3. The van der Waals surface area contributed by atoms with E-state index in [0.29, 0.717) is 36.1 Å². The monoisotopic (exact) mass is 369 g/mol. The number of halogens is 1. The number of piperidine rings is 1. The van der Waals surface area contributed by atoms with Crippen molar-refractivity contribution in [3.63, 3.8) is 0 Å². The van der Waals surface area contributed by atoms with Gasteiger partial charge in [-0.3, -0.25) is 0 Å². The highest BCUT2D eigenvalue weighted by Crippen LogP contribution is 2.46. The molecule has 26 heavy (non-hydrogen) atoms. The molecule has 2 bridgehead atoms. The van der Waals surface area contributed by atoms with E-state index in [2.05, 4.69) is 24.1 Å². The molecule has 2 fully saturated rings. The van der Waals surface area contributed by atoms with Crippen LogP contribution < -0.4 is 0 Å². The third-order valence-electron chi connectivity index (χ3n) is 6.15. The fourth-order valence-electron chi connectivity index (χ4n) is 4.73. The van der Waals surface area contributed by atoms with Crippen molar-refractivity contribution in [1.29, 1.82) is 0 Å². The van der Waals surface area contributed by atoms with Gasteiger partial charge in [0.25, 0.3) is 0 Å². The Labute approximate surface area is 159 Å². The van der Waals surface area contributed by atoms with Gasteiger partial charge in [0.05, 0.1) is 12.2 Å². The van der Waals surface area contributed by atoms with Crippen molar-refractivity contribution in [2.24, 2.45) is 5.92 Å². The maximum Gasteiger partial charge on any atom is 0.338 e. The van der Waals surface area contributed by atoms with Gasteiger partial charge in [0.15, 0.2) is 0 Å². The second kappa shape index (κ2) is 7.42. The second-order valence-corrected chi connectivity index (χ2v) is 7.92. The zero-order valence-electron chi connectivity index (χ0n) is 15.0. The first-order valence-electron chi connectivity index (χ1n) is 9.33. The number of fused-ring (bicyclic) bond motifs is 2. The van der Waals surface area contributed by atoms with Crippen molar-refractivity contribution in [1.82, 2.24) is 4.90 Å². The normalized spacial score (nSPS) is 28.1. The van der Waals surface area contributed by atoms with Crippen LogP contribution >= 0.6 is 11.6 Å². The van der Waals surface area contributed by atoms with E-state index in [1.165, 1.54) is 18.4 Å². The Morgan fingerprint density at radius 3 is 2.58 bits per heavy atom. The number of hydrogen-bond donors (Lipinski definition) is 0. The number of nitrogens with zero attached hydrogens (tertiary/aromatic N) is 1. The lowest BCUT2D eigenvalue weighted by Gasteiger charge is -2.43. The predicted octanol–water partition coefficient (Wildman–Crippen LogP) is 4.76. The topological polar surface area (TPSA) is 29.5 Å². The lowest BCUT2D eigenvalue weighted by molar-refractivity contribution is 0.0187. The molecule has 2 aromatic rings. The largest absolute Gasteiger partial charge is 0.462 e. The van der Waals surface area contributed by atoms with Gasteiger partial charge in [-0.05, 0) is 62.1 Å². The van der Waals surface area contributed by atoms with Crippen molar-refractivity contribution in [3.8, 4) is 0 Å². The van der Waals surface area contributed by atoms with Crippen LogP contribution in [0.3, 0.4) is 0 Å². The van der Waals surface area contributed by atoms with E-state index >= 15 is 0 Å². The van der Waals surface area contributed by atoms with Gasteiger partial charge in [-0.1, -0.05) is 41.9 Å². The fraction of sp³-hybridized carbons (Fsp3) is 0.409. The average Bonchev–Trinajstić information content (AvgIpc) is 2.91. The highest BCUT2D eigenvalue weighted by Gasteiger charge is 2.46. The molecule has 0 aromatic heterocycles. The van der Waals surface area contributed by atoms with Crippen molar-refractivity contribution < 1.29 is 9.53 Å². The van der Waals surface area contributed by atoms with Crippen molar-refractivity contribution in [3.05, 3.63) is 70.7 Å². The van der Waals surface area contributed by atoms with Gasteiger partial charge >= 0.3 is 5.97 Å². The predicted molar refractivity (Wildman–Crippen MR) is 104 cm³/mol. The van der Waals surface area contributed by atoms with Gasteiger partial charge in [-0.2, -0.15) is 0 Å². The highest BCUT2D eigenvalue weighted by molar-refractivity contribution is 6.30. The molecule has 0 amide bonds. The molecule has 136 valence electrons. The van der Waals surface area contributed by atoms with Crippen LogP contribution in [0.4, 0.5) is 0 Å². The Morgan fingerprint density at radius 1 is 1.12 bits per heavy atom. The summed E-state index contributed by atoms with van der Waals surface area (Å²) in [6.45, 7) is 0.461. The summed E-state index contributed by atoms with van der Waals surface area (Å²) in [6, 6.07) is 18.5. The molecule has 0 N–H and O–H groups in total. The average molecular weight is 370 g/mol. The van der Waals surface area contributed by atoms with Gasteiger partial charge in [-0.15, -0.1) is 0 Å². The van der Waals surface area contributed by atoms with E-state index in [1.807, 2.05) is 30.3 Å². The first-order valence-corrected chi connectivity index (χ1v) is 9.71. The number of rotatable bonds is 4. The van der Waals surface area contributed by atoms with Crippen molar-refractivity contribution >= 4 is 17.6 Å². The van der Waals surface area contributed by atoms with E-state index < -0.39 is 0 Å². The minimum absolute atomic E-state index is 0.233. The van der Waals surface area contributed by atoms with Crippen LogP contribution in [0.2, 0.25) is 5.02 Å². The molecule has 0 spiro atoms. The lowest BCUT2D eigenvalue weighted by atomic mass is 9.76. The van der Waals surface area contributed by atoms with E-state index in [-0.39, 0.29) is 5.97 Å². The number of benzene rings is 2. The molecule has 4 atom stereocenters. The summed E-state index contributed by atoms with van der Waals surface area (Å²) in [7, 11) is 2.21. The van der Waals surface area contributed by atoms with E-state index in [4.69, 9.17) is 16.3 Å². The number of carbonyl (C=O) groups is 1. The third-order valence-corrected chi connectivity index (χ3v) is 6.40. The summed E-state index contributed by atoms with van der Waals surface area (Å²) in [4.78, 5) is 14.9. The molecular weight excluding hydrogens is 346 g/mol. The SMILES string of the molecule is CN1C2CCC1C(COC(=O)c1ccccc1)C(c1ccc(Cl)cc1)C2. The van der Waals surface area contributed by atoms with Crippen LogP contribution in [0, 0.1) is 5.92 Å². The Kier molecular flexibility index (Phi) is 5.01. The summed E-state index contributed by atoms with van der Waals surface area (Å²) in [5, 5.41) is 0.761. The van der Waals surface area contributed by atoms with Gasteiger partial charge in [0.2, 0.25) is 0 Å². The molecular formula is C22H24ClNO2. The molecule has 3 nitrogen and oxygen atoms in total. The third kappa shape index (κ3) is 3.38. The van der Waals surface area contributed by atoms with Crippen LogP contribution in [-0.2, 0) is 4.74 Å². The van der Waals surface area contributed by atoms with Crippen LogP contribution in [0.15, 0.2) is 54.6 Å². The van der Waals surface area contributed by atoms with Crippen molar-refractivity contribution in [2.75, 3.05) is 13.7 Å². The van der Waals surface area contributed by atoms with E-state index in [9.17, 15) is 4.79 Å². The second-order valence-electron chi connectivity index (χ2n) is 7.49. The maximum atomic E-state index is 12.4. The molecule has 2 heterocycles. The Morgan fingerprint density at radius 2 is 1.85 bits per heavy atom. The Bertz CT molecular complexity index is 761. The van der Waals surface area contributed by atoms with Gasteiger partial charge in [0, 0.05) is 23.0 Å². The highest BCUT2D eigenvalue weighted by atomic mass is 35.5. The van der Waals surface area contributed by atoms with Gasteiger partial charge < -0.3 is 9.64 Å². The van der Waals surface area contributed by atoms with Crippen molar-refractivity contribution in [2.45, 2.75) is 37.3 Å². The summed E-state index contributed by atoms with van der Waals surface area (Å²) < 4.78 is 5.75. The minimum atomic E-state index is -0.233. The molecule has 2 saturated heterocycles. The first-order chi connectivity index (χ1) is 12.6. The Balaban J connectivity index is 1.53. The van der Waals surface area contributed by atoms with Gasteiger partial charge in [0.1, 0.15) is 0 Å². The molecule has 0 aliphatic carbocycles. The number of esters is 1. The minimum Gasteiger partial charge on any atom is -0.462 e. The molecule has 2 aliphatic heterocycles. The van der Waals surface area contributed by atoms with Crippen LogP contribution in [-0.4, -0.2) is 36.6 Å². The van der Waals surface area contributed by atoms with Gasteiger partial charge in [-0.25, -0.2) is 4.79 Å². The molecule has 0 saturated carbocycles. The molecule has 4 unspecified atom stereocenters. The van der Waals surface area contributed by atoms with Crippen LogP contribution in [0.1, 0.15) is 41.1 Å². The number of ether oxygens (including phenoxy) is 1. The lowest BCUT2D eigenvalue weighted by Crippen LogP contribution is -2.47. The molecule has 2 aliphatic rings. The number of hydrogen-bond acceptors (Lipinski definition) is 3. The molecule has 4 heteroatoms. The number of carbonyl (C=O) groups excluding carboxylic acids is 1. The molecule has 0 radical (unpaired) electrons. The molecule has 4 rings (SSSR count). The summed E-state index contributed by atoms with van der Waals surface area (Å²) in [5.74, 6) is 0.486. The fourth-order valence-corrected chi connectivity index (χ4v) is 4.85. The summed E-state index contributed by atoms with van der Waals surface area (Å²) in [5.41, 5.74) is 1.92. The summed E-state index contributed by atoms with van der Waals surface area (Å²) >= 11 is 6.07. The van der Waals surface area contributed by atoms with E-state index in [0.717, 1.165) is 11.4 Å². The zero-order valence-corrected chi connectivity index (χ0v) is 15.7. The first kappa shape index (κ1) is 17.6. The smallest absolute Gasteiger partial charge is 0.338 e. The van der Waals surface area contributed by atoms with Crippen LogP contribution in [0.25, 0.3) is 0 Å². The Hall–Kier alpha value is -1.84. The van der Waals surface area contributed by atoms with Crippen LogP contribution in [0.5, 0.6) is 0 Å².